The van der Waals surface area contributed by atoms with E-state index in [1.807, 2.05) is 0 Å². The van der Waals surface area contributed by atoms with Crippen molar-refractivity contribution in [3.63, 3.8) is 0 Å². The van der Waals surface area contributed by atoms with Gasteiger partial charge in [0.05, 0.1) is 7.11 Å². The van der Waals surface area contributed by atoms with Crippen LogP contribution in [-0.2, 0) is 6.54 Å². The molecule has 1 N–H and O–H groups in total. The molecule has 2 saturated heterocycles. The molecule has 2 aliphatic heterocycles. The number of methoxy groups -OCH3 is 1. The van der Waals surface area contributed by atoms with Crippen molar-refractivity contribution in [3.8, 4) is 5.75 Å². The monoisotopic (exact) mass is 260 g/mol. The van der Waals surface area contributed by atoms with E-state index in [1.54, 1.807) is 7.11 Å². The average Bonchev–Trinajstić information content (AvgIpc) is 2.95. The van der Waals surface area contributed by atoms with Crippen molar-refractivity contribution < 1.29 is 4.74 Å². The fraction of sp³-hybridized carbons (Fsp3) is 0.625. The lowest BCUT2D eigenvalue weighted by Crippen LogP contribution is -2.32. The summed E-state index contributed by atoms with van der Waals surface area (Å²) in [5.41, 5.74) is 2.63. The van der Waals surface area contributed by atoms with Crippen molar-refractivity contribution in [1.29, 1.82) is 0 Å². The maximum atomic E-state index is 5.50. The highest BCUT2D eigenvalue weighted by Crippen LogP contribution is 2.34. The largest absolute Gasteiger partial charge is 0.496 e. The second kappa shape index (κ2) is 5.14. The van der Waals surface area contributed by atoms with E-state index in [4.69, 9.17) is 4.74 Å². The summed E-state index contributed by atoms with van der Waals surface area (Å²) in [6.45, 7) is 9.13. The summed E-state index contributed by atoms with van der Waals surface area (Å²) in [7, 11) is 1.76. The Kier molecular flexibility index (Phi) is 3.50. The third kappa shape index (κ3) is 2.37. The van der Waals surface area contributed by atoms with E-state index in [1.165, 1.54) is 30.8 Å². The van der Waals surface area contributed by atoms with Crippen molar-refractivity contribution in [2.75, 3.05) is 26.7 Å². The number of fused-ring (bicyclic) bond motifs is 1. The van der Waals surface area contributed by atoms with Gasteiger partial charge in [0.1, 0.15) is 5.75 Å². The van der Waals surface area contributed by atoms with Crippen LogP contribution in [0.2, 0.25) is 0 Å². The number of likely N-dealkylation sites (tertiary alicyclic amines) is 1. The Morgan fingerprint density at radius 2 is 2.21 bits per heavy atom. The summed E-state index contributed by atoms with van der Waals surface area (Å²) in [6.07, 6.45) is 0. The van der Waals surface area contributed by atoms with Gasteiger partial charge in [-0.15, -0.1) is 0 Å². The lowest BCUT2D eigenvalue weighted by molar-refractivity contribution is 0.228. The van der Waals surface area contributed by atoms with Gasteiger partial charge in [-0.25, -0.2) is 0 Å². The quantitative estimate of drug-likeness (QED) is 0.900. The molecule has 0 spiro atoms. The van der Waals surface area contributed by atoms with E-state index in [9.17, 15) is 0 Å². The van der Waals surface area contributed by atoms with Gasteiger partial charge in [-0.3, -0.25) is 4.90 Å². The molecule has 0 saturated carbocycles. The summed E-state index contributed by atoms with van der Waals surface area (Å²) in [5, 5.41) is 3.52. The minimum Gasteiger partial charge on any atom is -0.496 e. The predicted molar refractivity (Wildman–Crippen MR) is 77.5 cm³/mol. The first-order valence-electron chi connectivity index (χ1n) is 7.27. The number of nitrogens with one attached hydrogen (secondary N) is 1. The van der Waals surface area contributed by atoms with Crippen molar-refractivity contribution >= 4 is 0 Å². The highest BCUT2D eigenvalue weighted by atomic mass is 16.5. The summed E-state index contributed by atoms with van der Waals surface area (Å²) < 4.78 is 5.50. The van der Waals surface area contributed by atoms with Crippen LogP contribution in [0.3, 0.4) is 0 Å². The molecule has 3 rings (SSSR count). The van der Waals surface area contributed by atoms with Gasteiger partial charge in [-0.2, -0.15) is 0 Å². The molecule has 1 aromatic carbocycles. The normalized spacial score (nSPS) is 30.6. The summed E-state index contributed by atoms with van der Waals surface area (Å²) in [4.78, 5) is 2.62. The molecule has 0 radical (unpaired) electrons. The molecule has 1 aromatic rings. The minimum absolute atomic E-state index is 0.671. The van der Waals surface area contributed by atoms with Crippen LogP contribution in [0.1, 0.15) is 18.1 Å². The van der Waals surface area contributed by atoms with Crippen LogP contribution in [0.5, 0.6) is 5.75 Å². The smallest absolute Gasteiger partial charge is 0.123 e. The average molecular weight is 260 g/mol. The van der Waals surface area contributed by atoms with Gasteiger partial charge in [0, 0.05) is 24.7 Å². The zero-order chi connectivity index (χ0) is 13.4. The van der Waals surface area contributed by atoms with Crippen molar-refractivity contribution in [3.05, 3.63) is 29.3 Å². The van der Waals surface area contributed by atoms with Gasteiger partial charge in [0.2, 0.25) is 0 Å². The minimum atomic E-state index is 0.671. The van der Waals surface area contributed by atoms with Crippen molar-refractivity contribution in [1.82, 2.24) is 10.2 Å². The molecule has 3 nitrogen and oxygen atoms in total. The van der Waals surface area contributed by atoms with Crippen LogP contribution >= 0.6 is 0 Å². The Bertz CT molecular complexity index is 460. The Morgan fingerprint density at radius 3 is 2.95 bits per heavy atom. The van der Waals surface area contributed by atoms with Crippen molar-refractivity contribution in [2.24, 2.45) is 11.8 Å². The molecule has 19 heavy (non-hydrogen) atoms. The van der Waals surface area contributed by atoms with E-state index < -0.39 is 0 Å². The lowest BCUT2D eigenvalue weighted by Gasteiger charge is -2.25. The third-order valence-corrected chi connectivity index (χ3v) is 4.87. The molecular formula is C16H24N2O. The summed E-state index contributed by atoms with van der Waals surface area (Å²) in [5.74, 6) is 2.69. The van der Waals surface area contributed by atoms with Crippen molar-refractivity contribution in [2.45, 2.75) is 26.4 Å². The van der Waals surface area contributed by atoms with E-state index in [0.29, 0.717) is 6.04 Å². The molecule has 3 atom stereocenters. The molecule has 0 bridgehead atoms. The molecule has 0 aliphatic carbocycles. The Morgan fingerprint density at radius 1 is 1.37 bits per heavy atom. The molecule has 0 aromatic heterocycles. The third-order valence-electron chi connectivity index (χ3n) is 4.87. The maximum Gasteiger partial charge on any atom is 0.123 e. The molecule has 2 aliphatic rings. The molecule has 0 amide bonds. The van der Waals surface area contributed by atoms with Gasteiger partial charge in [0.25, 0.3) is 0 Å². The summed E-state index contributed by atoms with van der Waals surface area (Å²) >= 11 is 0. The predicted octanol–water partition coefficient (Wildman–Crippen LogP) is 2.04. The number of benzene rings is 1. The highest BCUT2D eigenvalue weighted by molar-refractivity contribution is 5.37. The number of rotatable bonds is 3. The first-order chi connectivity index (χ1) is 9.19. The van der Waals surface area contributed by atoms with Gasteiger partial charge in [-0.05, 0) is 44.8 Å². The standard InChI is InChI=1S/C16H24N2O/c1-11-4-5-16(19-3)13(6-11)9-18-10-14-7-17-8-15(14)12(18)2/h4-6,12,14-15,17H,7-10H2,1-3H3. The Labute approximate surface area is 115 Å². The van der Waals surface area contributed by atoms with Crippen LogP contribution in [0.25, 0.3) is 0 Å². The van der Waals surface area contributed by atoms with E-state index in [0.717, 1.165) is 24.1 Å². The van der Waals surface area contributed by atoms with E-state index >= 15 is 0 Å². The van der Waals surface area contributed by atoms with E-state index in [-0.39, 0.29) is 0 Å². The Hall–Kier alpha value is -1.06. The first-order valence-corrected chi connectivity index (χ1v) is 7.27. The molecule has 104 valence electrons. The topological polar surface area (TPSA) is 24.5 Å². The highest BCUT2D eigenvalue weighted by Gasteiger charge is 2.41. The maximum absolute atomic E-state index is 5.50. The van der Waals surface area contributed by atoms with Crippen LogP contribution < -0.4 is 10.1 Å². The zero-order valence-corrected chi connectivity index (χ0v) is 12.1. The van der Waals surface area contributed by atoms with Crippen LogP contribution in [0, 0.1) is 18.8 Å². The van der Waals surface area contributed by atoms with Gasteiger partial charge >= 0.3 is 0 Å². The number of aryl methyl sites for hydroxylation is 1. The SMILES string of the molecule is COc1ccc(C)cc1CN1CC2CNCC2C1C. The summed E-state index contributed by atoms with van der Waals surface area (Å²) in [6, 6.07) is 7.14. The molecule has 3 heteroatoms. The second-order valence-electron chi connectivity index (χ2n) is 6.07. The number of nitrogens with zero attached hydrogens (tertiary/aromatic N) is 1. The molecule has 2 heterocycles. The zero-order valence-electron chi connectivity index (χ0n) is 12.1. The van der Waals surface area contributed by atoms with Gasteiger partial charge in [0.15, 0.2) is 0 Å². The number of hydrogen-bond donors (Lipinski definition) is 1. The van der Waals surface area contributed by atoms with Crippen LogP contribution in [-0.4, -0.2) is 37.7 Å². The number of ether oxygens (including phenoxy) is 1. The first kappa shape index (κ1) is 12.9. The number of hydrogen-bond acceptors (Lipinski definition) is 3. The fourth-order valence-electron chi connectivity index (χ4n) is 3.71. The molecule has 3 unspecified atom stereocenters. The van der Waals surface area contributed by atoms with Gasteiger partial charge < -0.3 is 10.1 Å². The fourth-order valence-corrected chi connectivity index (χ4v) is 3.71. The Balaban J connectivity index is 1.77. The van der Waals surface area contributed by atoms with Crippen LogP contribution in [0.4, 0.5) is 0 Å². The lowest BCUT2D eigenvalue weighted by atomic mass is 9.95. The molecule has 2 fully saturated rings. The van der Waals surface area contributed by atoms with Gasteiger partial charge in [-0.1, -0.05) is 17.7 Å². The van der Waals surface area contributed by atoms with Crippen LogP contribution in [0.15, 0.2) is 18.2 Å². The molecular weight excluding hydrogens is 236 g/mol. The second-order valence-corrected chi connectivity index (χ2v) is 6.07. The van der Waals surface area contributed by atoms with E-state index in [2.05, 4.69) is 42.3 Å².